The molecule has 0 spiro atoms. The Morgan fingerprint density at radius 1 is 1.10 bits per heavy atom. The monoisotopic (exact) mass is 570 g/mol. The number of halogens is 3. The van der Waals surface area contributed by atoms with Crippen LogP contribution in [-0.4, -0.2) is 58.5 Å². The largest absolute Gasteiger partial charge is 0.452 e. The Balaban J connectivity index is 1.73. The van der Waals surface area contributed by atoms with E-state index in [-0.39, 0.29) is 12.2 Å². The second kappa shape index (κ2) is 11.8. The van der Waals surface area contributed by atoms with Crippen molar-refractivity contribution >= 4 is 29.2 Å². The van der Waals surface area contributed by atoms with Gasteiger partial charge in [0.2, 0.25) is 11.8 Å². The molecule has 0 radical (unpaired) electrons. The molecule has 1 N–H and O–H groups in total. The van der Waals surface area contributed by atoms with Crippen molar-refractivity contribution in [2.45, 2.75) is 44.6 Å². The smallest absolute Gasteiger partial charge is 0.371 e. The van der Waals surface area contributed by atoms with Crippen molar-refractivity contribution in [3.05, 3.63) is 82.3 Å². The van der Waals surface area contributed by atoms with Gasteiger partial charge >= 0.3 is 6.18 Å². The first-order valence-corrected chi connectivity index (χ1v) is 12.4. The minimum absolute atomic E-state index is 0.0401. The molecule has 3 aromatic rings. The summed E-state index contributed by atoms with van der Waals surface area (Å²) in [5, 5.41) is 2.10. The predicted molar refractivity (Wildman–Crippen MR) is 140 cm³/mol. The molecule has 2 unspecified atom stereocenters. The number of anilines is 1. The van der Waals surface area contributed by atoms with E-state index in [1.165, 1.54) is 19.2 Å². The van der Waals surface area contributed by atoms with Crippen LogP contribution < -0.4 is 15.8 Å². The zero-order chi connectivity index (χ0) is 29.9. The Hall–Kier alpha value is -4.65. The second-order valence-electron chi connectivity index (χ2n) is 9.40. The zero-order valence-electron chi connectivity index (χ0n) is 22.0. The molecule has 1 aliphatic heterocycles. The SMILES string of the molecule is COC1CC(=O)N(c2cnc(-c3cccc(C)c3)n(CC(=O)NC(Cc3ccccc3)C(=O)C(F)(F)F)c2=O)C1=O. The highest BCUT2D eigenvalue weighted by Gasteiger charge is 2.44. The highest BCUT2D eigenvalue weighted by molar-refractivity contribution is 6.21. The minimum Gasteiger partial charge on any atom is -0.371 e. The third-order valence-electron chi connectivity index (χ3n) is 6.45. The lowest BCUT2D eigenvalue weighted by atomic mass is 10.0. The molecule has 1 aromatic heterocycles. The first-order valence-electron chi connectivity index (χ1n) is 12.4. The van der Waals surface area contributed by atoms with Gasteiger partial charge in [-0.05, 0) is 18.6 Å². The van der Waals surface area contributed by atoms with Gasteiger partial charge in [-0.3, -0.25) is 28.5 Å². The van der Waals surface area contributed by atoms with E-state index in [9.17, 15) is 37.1 Å². The molecule has 13 heteroatoms. The summed E-state index contributed by atoms with van der Waals surface area (Å²) in [6.45, 7) is 0.916. The van der Waals surface area contributed by atoms with Crippen LogP contribution in [-0.2, 0) is 36.9 Å². The highest BCUT2D eigenvalue weighted by atomic mass is 19.4. The fourth-order valence-corrected chi connectivity index (χ4v) is 4.48. The third-order valence-corrected chi connectivity index (χ3v) is 6.45. The molecule has 10 nitrogen and oxygen atoms in total. The van der Waals surface area contributed by atoms with E-state index in [1.807, 2.05) is 0 Å². The molecule has 2 heterocycles. The van der Waals surface area contributed by atoms with Gasteiger partial charge < -0.3 is 10.1 Å². The van der Waals surface area contributed by atoms with Crippen LogP contribution in [0.15, 0.2) is 65.6 Å². The summed E-state index contributed by atoms with van der Waals surface area (Å²) in [6, 6.07) is 12.5. The molecule has 2 aromatic carbocycles. The molecule has 214 valence electrons. The van der Waals surface area contributed by atoms with Crippen molar-refractivity contribution in [1.29, 1.82) is 0 Å². The van der Waals surface area contributed by atoms with Crippen molar-refractivity contribution in [3.63, 3.8) is 0 Å². The van der Waals surface area contributed by atoms with Gasteiger partial charge in [0.15, 0.2) is 0 Å². The molecule has 1 fully saturated rings. The van der Waals surface area contributed by atoms with Crippen LogP contribution in [0.4, 0.5) is 18.9 Å². The summed E-state index contributed by atoms with van der Waals surface area (Å²) >= 11 is 0. The van der Waals surface area contributed by atoms with Crippen molar-refractivity contribution in [3.8, 4) is 11.4 Å². The molecule has 0 saturated carbocycles. The van der Waals surface area contributed by atoms with Gasteiger partial charge in [0.25, 0.3) is 17.2 Å². The number of hydrogen-bond acceptors (Lipinski definition) is 7. The van der Waals surface area contributed by atoms with Crippen LogP contribution in [0.5, 0.6) is 0 Å². The lowest BCUT2D eigenvalue weighted by Crippen LogP contribution is -2.49. The van der Waals surface area contributed by atoms with Crippen molar-refractivity contribution < 1.29 is 37.1 Å². The molecule has 4 rings (SSSR count). The van der Waals surface area contributed by atoms with Crippen molar-refractivity contribution in [1.82, 2.24) is 14.9 Å². The van der Waals surface area contributed by atoms with Crippen LogP contribution in [0, 0.1) is 6.92 Å². The number of ether oxygens (including phenoxy) is 1. The topological polar surface area (TPSA) is 128 Å². The number of aryl methyl sites for hydroxylation is 1. The molecular weight excluding hydrogens is 545 g/mol. The normalized spacial score (nSPS) is 16.1. The maximum absolute atomic E-state index is 13.6. The summed E-state index contributed by atoms with van der Waals surface area (Å²) in [6.07, 6.45) is -6.07. The van der Waals surface area contributed by atoms with E-state index in [4.69, 9.17) is 4.74 Å². The summed E-state index contributed by atoms with van der Waals surface area (Å²) in [7, 11) is 1.23. The maximum atomic E-state index is 13.6. The summed E-state index contributed by atoms with van der Waals surface area (Å²) in [5.41, 5.74) is 0.129. The zero-order valence-corrected chi connectivity index (χ0v) is 22.0. The lowest BCUT2D eigenvalue weighted by Gasteiger charge is -2.21. The fraction of sp³-hybridized carbons (Fsp3) is 0.286. The Morgan fingerprint density at radius 2 is 1.80 bits per heavy atom. The summed E-state index contributed by atoms with van der Waals surface area (Å²) < 4.78 is 46.0. The van der Waals surface area contributed by atoms with Gasteiger partial charge in [-0.2, -0.15) is 13.2 Å². The van der Waals surface area contributed by atoms with Gasteiger partial charge in [0.05, 0.1) is 12.6 Å². The van der Waals surface area contributed by atoms with Gasteiger partial charge in [-0.1, -0.05) is 54.1 Å². The van der Waals surface area contributed by atoms with Crippen LogP contribution >= 0.6 is 0 Å². The molecule has 2 atom stereocenters. The number of methoxy groups -OCH3 is 1. The Kier molecular flexibility index (Phi) is 8.47. The number of hydrogen-bond donors (Lipinski definition) is 1. The average molecular weight is 571 g/mol. The number of aromatic nitrogens is 2. The first-order chi connectivity index (χ1) is 19.4. The maximum Gasteiger partial charge on any atom is 0.452 e. The van der Waals surface area contributed by atoms with E-state index in [1.54, 1.807) is 49.4 Å². The fourth-order valence-electron chi connectivity index (χ4n) is 4.48. The number of benzene rings is 2. The van der Waals surface area contributed by atoms with E-state index in [2.05, 4.69) is 10.3 Å². The van der Waals surface area contributed by atoms with Crippen LogP contribution in [0.3, 0.4) is 0 Å². The number of Topliss-reactive ketones (excluding diaryl/α,β-unsaturated/α-hetero) is 1. The molecule has 41 heavy (non-hydrogen) atoms. The van der Waals surface area contributed by atoms with E-state index < -0.39 is 66.0 Å². The van der Waals surface area contributed by atoms with Gasteiger partial charge in [-0.15, -0.1) is 0 Å². The number of alkyl halides is 3. The number of carbonyl (C=O) groups excluding carboxylic acids is 4. The summed E-state index contributed by atoms with van der Waals surface area (Å²) in [5.74, 6) is -4.81. The molecule has 0 aliphatic carbocycles. The molecule has 0 bridgehead atoms. The quantitative estimate of drug-likeness (QED) is 0.391. The predicted octanol–water partition coefficient (Wildman–Crippen LogP) is 2.36. The third kappa shape index (κ3) is 6.40. The lowest BCUT2D eigenvalue weighted by molar-refractivity contribution is -0.173. The number of carbonyl (C=O) groups is 4. The standard InChI is InChI=1S/C28H25F3N4O6/c1-16-7-6-10-18(11-16)25-32-14-20(35-23(37)13-21(41-2)27(35)40)26(39)34(25)15-22(36)33-19(24(38)28(29,30)31)12-17-8-4-3-5-9-17/h3-11,14,19,21H,12-13,15H2,1-2H3,(H,33,36). The van der Waals surface area contributed by atoms with Crippen molar-refractivity contribution in [2.75, 3.05) is 12.0 Å². The highest BCUT2D eigenvalue weighted by Crippen LogP contribution is 2.24. The van der Waals surface area contributed by atoms with Crippen LogP contribution in [0.2, 0.25) is 0 Å². The molecule has 1 saturated heterocycles. The number of rotatable bonds is 9. The Bertz CT molecular complexity index is 1550. The summed E-state index contributed by atoms with van der Waals surface area (Å²) in [4.78, 5) is 69.1. The van der Waals surface area contributed by atoms with Crippen LogP contribution in [0.1, 0.15) is 17.5 Å². The van der Waals surface area contributed by atoms with E-state index in [0.29, 0.717) is 16.0 Å². The number of ketones is 1. The number of nitrogens with one attached hydrogen (secondary N) is 1. The van der Waals surface area contributed by atoms with E-state index in [0.717, 1.165) is 16.3 Å². The molecular formula is C28H25F3N4O6. The minimum atomic E-state index is -5.23. The molecule has 1 aliphatic rings. The van der Waals surface area contributed by atoms with Gasteiger partial charge in [-0.25, -0.2) is 9.88 Å². The van der Waals surface area contributed by atoms with E-state index >= 15 is 0 Å². The molecule has 3 amide bonds. The second-order valence-corrected chi connectivity index (χ2v) is 9.40. The van der Waals surface area contributed by atoms with Crippen molar-refractivity contribution in [2.24, 2.45) is 0 Å². The van der Waals surface area contributed by atoms with Gasteiger partial charge in [0, 0.05) is 19.1 Å². The number of nitrogens with zero attached hydrogens (tertiary/aromatic N) is 3. The van der Waals surface area contributed by atoms with Gasteiger partial charge in [0.1, 0.15) is 30.2 Å². The van der Waals surface area contributed by atoms with Crippen LogP contribution in [0.25, 0.3) is 11.4 Å². The Morgan fingerprint density at radius 3 is 2.41 bits per heavy atom. The average Bonchev–Trinajstić information content (AvgIpc) is 3.21. The number of amides is 3. The number of imide groups is 1. The Labute approximate surface area is 231 Å². The first kappa shape index (κ1) is 29.3.